The molecule has 0 unspecified atom stereocenters. The Morgan fingerprint density at radius 3 is 1.00 bits per heavy atom. The molecule has 4 heteroatoms. The van der Waals surface area contributed by atoms with E-state index >= 15 is 0 Å². The van der Waals surface area contributed by atoms with Crippen molar-refractivity contribution in [3.63, 3.8) is 0 Å². The summed E-state index contributed by atoms with van der Waals surface area (Å²) in [6.45, 7) is 0. The molecule has 0 aromatic carbocycles. The van der Waals surface area contributed by atoms with E-state index in [1.807, 2.05) is 0 Å². The molecule has 0 N–H and O–H groups in total. The number of thioether (sulfide) groups is 4. The lowest BCUT2D eigenvalue weighted by Crippen LogP contribution is -1.85. The second kappa shape index (κ2) is 7.67. The molecule has 22 heavy (non-hydrogen) atoms. The highest BCUT2D eigenvalue weighted by Crippen LogP contribution is 2.68. The van der Waals surface area contributed by atoms with Crippen molar-refractivity contribution < 1.29 is 0 Å². The summed E-state index contributed by atoms with van der Waals surface area (Å²) >= 11 is 8.40. The predicted octanol–water partition coefficient (Wildman–Crippen LogP) is 8.20. The Hall–Kier alpha value is 0.620. The Bertz CT molecular complexity index is 453. The summed E-state index contributed by atoms with van der Waals surface area (Å²) in [5.74, 6) is 0. The van der Waals surface area contributed by atoms with Gasteiger partial charge < -0.3 is 0 Å². The monoisotopic (exact) mass is 368 g/mol. The van der Waals surface area contributed by atoms with Gasteiger partial charge in [-0.05, 0) is 62.5 Å². The Balaban J connectivity index is 1.44. The molecule has 2 aliphatic carbocycles. The Morgan fingerprint density at radius 2 is 0.682 bits per heavy atom. The standard InChI is InChI=1S/C18H24S4/c1-2-6-10-13(9-5-1)15-19-17-18(20-15)22-16(21-17)14-11-7-3-4-8-12-14/h1-12H2. The fourth-order valence-electron chi connectivity index (χ4n) is 3.59. The molecule has 0 bridgehead atoms. The summed E-state index contributed by atoms with van der Waals surface area (Å²) in [6, 6.07) is 0. The average Bonchev–Trinajstić information content (AvgIpc) is 2.87. The molecule has 4 rings (SSSR count). The van der Waals surface area contributed by atoms with E-state index in [9.17, 15) is 0 Å². The molecule has 2 aliphatic heterocycles. The van der Waals surface area contributed by atoms with Crippen LogP contribution in [0.2, 0.25) is 0 Å². The first-order valence-corrected chi connectivity index (χ1v) is 12.1. The van der Waals surface area contributed by atoms with Gasteiger partial charge in [0.25, 0.3) is 0 Å². The molecule has 2 saturated carbocycles. The van der Waals surface area contributed by atoms with Crippen LogP contribution in [0.3, 0.4) is 0 Å². The summed E-state index contributed by atoms with van der Waals surface area (Å²) in [5.41, 5.74) is 3.54. The third-order valence-electron chi connectivity index (χ3n) is 4.90. The van der Waals surface area contributed by atoms with Gasteiger partial charge >= 0.3 is 0 Å². The minimum Gasteiger partial charge on any atom is -0.0736 e. The van der Waals surface area contributed by atoms with Crippen LogP contribution in [-0.2, 0) is 0 Å². The molecule has 0 spiro atoms. The summed E-state index contributed by atoms with van der Waals surface area (Å²) in [5, 5.41) is 0. The van der Waals surface area contributed by atoms with E-state index in [0.29, 0.717) is 0 Å². The molecule has 0 aromatic heterocycles. The molecule has 4 aliphatic rings. The van der Waals surface area contributed by atoms with Crippen molar-refractivity contribution in [1.82, 2.24) is 0 Å². The van der Waals surface area contributed by atoms with Gasteiger partial charge in [-0.2, -0.15) is 0 Å². The Labute approximate surface area is 151 Å². The molecule has 0 radical (unpaired) electrons. The summed E-state index contributed by atoms with van der Waals surface area (Å²) in [6.07, 6.45) is 16.9. The Morgan fingerprint density at radius 1 is 0.364 bits per heavy atom. The number of hydrogen-bond acceptors (Lipinski definition) is 4. The highest BCUT2D eigenvalue weighted by atomic mass is 32.3. The average molecular weight is 369 g/mol. The fourth-order valence-corrected chi connectivity index (χ4v) is 10.3. The van der Waals surface area contributed by atoms with Crippen molar-refractivity contribution in [3.8, 4) is 0 Å². The van der Waals surface area contributed by atoms with Crippen molar-refractivity contribution in [2.75, 3.05) is 0 Å². The molecule has 0 saturated heterocycles. The minimum absolute atomic E-state index is 1.36. The maximum absolute atomic E-state index is 2.10. The second-order valence-corrected chi connectivity index (χ2v) is 11.7. The van der Waals surface area contributed by atoms with Crippen LogP contribution in [-0.4, -0.2) is 0 Å². The van der Waals surface area contributed by atoms with Crippen molar-refractivity contribution in [2.24, 2.45) is 0 Å². The van der Waals surface area contributed by atoms with Crippen LogP contribution in [0, 0.1) is 0 Å². The van der Waals surface area contributed by atoms with Crippen LogP contribution in [0.25, 0.3) is 0 Å². The highest BCUT2D eigenvalue weighted by Gasteiger charge is 2.32. The molecule has 120 valence electrons. The zero-order valence-corrected chi connectivity index (χ0v) is 16.4. The van der Waals surface area contributed by atoms with E-state index in [1.165, 1.54) is 77.0 Å². The maximum Gasteiger partial charge on any atom is 0.0716 e. The van der Waals surface area contributed by atoms with E-state index in [-0.39, 0.29) is 0 Å². The first-order chi connectivity index (χ1) is 10.9. The van der Waals surface area contributed by atoms with Crippen molar-refractivity contribution in [1.29, 1.82) is 0 Å². The lowest BCUT2D eigenvalue weighted by Gasteiger charge is -2.11. The molecular weight excluding hydrogens is 344 g/mol. The zero-order valence-electron chi connectivity index (χ0n) is 13.1. The molecule has 0 atom stereocenters. The highest BCUT2D eigenvalue weighted by molar-refractivity contribution is 8.48. The molecule has 2 heterocycles. The van der Waals surface area contributed by atoms with Crippen LogP contribution in [0.5, 0.6) is 0 Å². The summed E-state index contributed by atoms with van der Waals surface area (Å²) in [4.78, 5) is 0. The minimum atomic E-state index is 1.36. The van der Waals surface area contributed by atoms with Crippen molar-refractivity contribution >= 4 is 47.0 Å². The third-order valence-corrected chi connectivity index (χ3v) is 10.9. The first-order valence-electron chi connectivity index (χ1n) is 8.80. The van der Waals surface area contributed by atoms with Crippen LogP contribution in [0.1, 0.15) is 77.0 Å². The lowest BCUT2D eigenvalue weighted by atomic mass is 10.1. The Kier molecular flexibility index (Phi) is 5.62. The van der Waals surface area contributed by atoms with Crippen LogP contribution < -0.4 is 0 Å². The molecule has 0 amide bonds. The van der Waals surface area contributed by atoms with Gasteiger partial charge in [-0.15, -0.1) is 0 Å². The topological polar surface area (TPSA) is 0 Å². The smallest absolute Gasteiger partial charge is 0.0716 e. The van der Waals surface area contributed by atoms with E-state index in [2.05, 4.69) is 47.0 Å². The van der Waals surface area contributed by atoms with E-state index < -0.39 is 0 Å². The molecular formula is C18H24S4. The van der Waals surface area contributed by atoms with Crippen molar-refractivity contribution in [3.05, 3.63) is 28.1 Å². The SMILES string of the molecule is C1CCCC(=C2SC3=C(S2)SC(=C2CCCCCC2)S3)CC1. The van der Waals surface area contributed by atoms with Gasteiger partial charge in [0.1, 0.15) is 0 Å². The number of hydrogen-bond donors (Lipinski definition) is 0. The van der Waals surface area contributed by atoms with Gasteiger partial charge in [-0.25, -0.2) is 0 Å². The fraction of sp³-hybridized carbons (Fsp3) is 0.667. The molecule has 0 aromatic rings. The summed E-state index contributed by atoms with van der Waals surface area (Å²) in [7, 11) is 0. The van der Waals surface area contributed by atoms with Gasteiger partial charge in [0, 0.05) is 0 Å². The van der Waals surface area contributed by atoms with E-state index in [1.54, 1.807) is 28.1 Å². The second-order valence-electron chi connectivity index (χ2n) is 6.59. The summed E-state index contributed by atoms with van der Waals surface area (Å²) < 4.78 is 6.51. The van der Waals surface area contributed by atoms with E-state index in [0.717, 1.165) is 0 Å². The predicted molar refractivity (Wildman–Crippen MR) is 107 cm³/mol. The first kappa shape index (κ1) is 16.1. The maximum atomic E-state index is 2.10. The quantitative estimate of drug-likeness (QED) is 0.395. The normalized spacial score (nSPS) is 27.3. The van der Waals surface area contributed by atoms with Gasteiger partial charge in [0.15, 0.2) is 0 Å². The number of allylic oxidation sites excluding steroid dienone is 2. The van der Waals surface area contributed by atoms with Crippen LogP contribution in [0.4, 0.5) is 0 Å². The molecule has 0 nitrogen and oxygen atoms in total. The molecule has 2 fully saturated rings. The largest absolute Gasteiger partial charge is 0.0736 e. The van der Waals surface area contributed by atoms with Crippen LogP contribution >= 0.6 is 47.0 Å². The van der Waals surface area contributed by atoms with Gasteiger partial charge in [-0.1, -0.05) is 72.7 Å². The lowest BCUT2D eigenvalue weighted by molar-refractivity contribution is 0.702. The number of rotatable bonds is 0. The third kappa shape index (κ3) is 3.65. The zero-order chi connectivity index (χ0) is 14.8. The van der Waals surface area contributed by atoms with Crippen molar-refractivity contribution in [2.45, 2.75) is 77.0 Å². The van der Waals surface area contributed by atoms with E-state index in [4.69, 9.17) is 0 Å². The van der Waals surface area contributed by atoms with Gasteiger partial charge in [-0.3, -0.25) is 0 Å². The van der Waals surface area contributed by atoms with Gasteiger partial charge in [0.2, 0.25) is 0 Å². The van der Waals surface area contributed by atoms with Gasteiger partial charge in [0.05, 0.1) is 16.9 Å². The van der Waals surface area contributed by atoms with Crippen LogP contribution in [0.15, 0.2) is 28.1 Å².